The number of nitrogens with zero attached hydrogens (tertiary/aromatic N) is 3. The molecule has 1 aromatic carbocycles. The van der Waals surface area contributed by atoms with Crippen LogP contribution in [0.3, 0.4) is 0 Å². The summed E-state index contributed by atoms with van der Waals surface area (Å²) in [5.74, 6) is 1.22. The maximum absolute atomic E-state index is 13.2. The lowest BCUT2D eigenvalue weighted by atomic mass is 10.1. The van der Waals surface area contributed by atoms with E-state index in [0.29, 0.717) is 12.5 Å². The van der Waals surface area contributed by atoms with Gasteiger partial charge >= 0.3 is 0 Å². The Hall–Kier alpha value is -1.75. The zero-order valence-electron chi connectivity index (χ0n) is 12.2. The summed E-state index contributed by atoms with van der Waals surface area (Å²) in [6.07, 6.45) is 1.58. The molecule has 1 aromatic heterocycles. The summed E-state index contributed by atoms with van der Waals surface area (Å²) in [4.78, 5) is 4.27. The zero-order valence-corrected chi connectivity index (χ0v) is 12.2. The van der Waals surface area contributed by atoms with E-state index in [2.05, 4.69) is 29.2 Å². The predicted molar refractivity (Wildman–Crippen MR) is 76.5 cm³/mol. The van der Waals surface area contributed by atoms with Gasteiger partial charge in [0.15, 0.2) is 0 Å². The summed E-state index contributed by atoms with van der Waals surface area (Å²) in [6, 6.07) is 6.71. The van der Waals surface area contributed by atoms with Crippen molar-refractivity contribution in [2.45, 2.75) is 39.9 Å². The quantitative estimate of drug-likeness (QED) is 0.882. The van der Waals surface area contributed by atoms with E-state index in [4.69, 9.17) is 0 Å². The van der Waals surface area contributed by atoms with Crippen molar-refractivity contribution < 1.29 is 4.39 Å². The molecular weight excluding hydrogens is 255 g/mol. The van der Waals surface area contributed by atoms with E-state index < -0.39 is 0 Å². The van der Waals surface area contributed by atoms with Gasteiger partial charge in [-0.1, -0.05) is 26.0 Å². The van der Waals surface area contributed by atoms with Crippen LogP contribution in [0.15, 0.2) is 30.6 Å². The minimum Gasteiger partial charge on any atom is -0.303 e. The van der Waals surface area contributed by atoms with Crippen molar-refractivity contribution in [3.8, 4) is 0 Å². The van der Waals surface area contributed by atoms with Gasteiger partial charge in [-0.3, -0.25) is 0 Å². The lowest BCUT2D eigenvalue weighted by molar-refractivity contribution is 0.449. The molecule has 1 heterocycles. The minimum atomic E-state index is -0.209. The average molecular weight is 276 g/mol. The largest absolute Gasteiger partial charge is 0.303 e. The first kappa shape index (κ1) is 14.7. The Labute approximate surface area is 119 Å². The van der Waals surface area contributed by atoms with Gasteiger partial charge in [-0.15, -0.1) is 0 Å². The number of nitrogens with one attached hydrogen (secondary N) is 1. The second-order valence-electron chi connectivity index (χ2n) is 5.41. The molecule has 0 fully saturated rings. The first-order valence-electron chi connectivity index (χ1n) is 6.91. The van der Waals surface area contributed by atoms with Crippen LogP contribution < -0.4 is 5.32 Å². The van der Waals surface area contributed by atoms with E-state index in [1.165, 1.54) is 6.07 Å². The van der Waals surface area contributed by atoms with Crippen LogP contribution in [0.2, 0.25) is 0 Å². The summed E-state index contributed by atoms with van der Waals surface area (Å²) in [5, 5.41) is 7.58. The fourth-order valence-electron chi connectivity index (χ4n) is 2.06. The number of hydrogen-bond donors (Lipinski definition) is 1. The molecular formula is C15H21FN4. The van der Waals surface area contributed by atoms with Crippen molar-refractivity contribution >= 4 is 0 Å². The highest BCUT2D eigenvalue weighted by atomic mass is 19.1. The van der Waals surface area contributed by atoms with Crippen molar-refractivity contribution in [2.75, 3.05) is 0 Å². The van der Waals surface area contributed by atoms with Crippen LogP contribution in [0.25, 0.3) is 0 Å². The molecule has 0 saturated heterocycles. The highest BCUT2D eigenvalue weighted by Crippen LogP contribution is 2.14. The van der Waals surface area contributed by atoms with E-state index in [9.17, 15) is 4.39 Å². The molecule has 0 unspecified atom stereocenters. The maximum Gasteiger partial charge on any atom is 0.140 e. The maximum atomic E-state index is 13.2. The van der Waals surface area contributed by atoms with E-state index >= 15 is 0 Å². The Morgan fingerprint density at radius 1 is 1.30 bits per heavy atom. The Morgan fingerprint density at radius 2 is 2.10 bits per heavy atom. The molecule has 0 aliphatic rings. The average Bonchev–Trinajstić information content (AvgIpc) is 2.82. The lowest BCUT2D eigenvalue weighted by Crippen LogP contribution is -2.22. The third kappa shape index (κ3) is 3.87. The van der Waals surface area contributed by atoms with Gasteiger partial charge in [0.05, 0.1) is 6.54 Å². The fraction of sp³-hybridized carbons (Fsp3) is 0.467. The molecule has 0 saturated carbocycles. The number of aromatic nitrogens is 3. The Morgan fingerprint density at radius 3 is 2.80 bits per heavy atom. The van der Waals surface area contributed by atoms with Crippen molar-refractivity contribution in [3.05, 3.63) is 47.8 Å². The SMILES string of the molecule is CC(C)Cn1ncnc1CN[C@H](C)c1cccc(F)c1. The molecule has 0 radical (unpaired) electrons. The third-order valence-electron chi connectivity index (χ3n) is 3.15. The molecule has 1 N–H and O–H groups in total. The van der Waals surface area contributed by atoms with E-state index in [1.807, 2.05) is 17.7 Å². The smallest absolute Gasteiger partial charge is 0.140 e. The molecule has 1 atom stereocenters. The van der Waals surface area contributed by atoms with Crippen molar-refractivity contribution in [3.63, 3.8) is 0 Å². The Bertz CT molecular complexity index is 550. The van der Waals surface area contributed by atoms with Crippen LogP contribution in [-0.2, 0) is 13.1 Å². The number of hydrogen-bond acceptors (Lipinski definition) is 3. The van der Waals surface area contributed by atoms with Gasteiger partial charge in [-0.2, -0.15) is 5.10 Å². The van der Waals surface area contributed by atoms with Crippen molar-refractivity contribution in [1.29, 1.82) is 0 Å². The number of rotatable bonds is 6. The van der Waals surface area contributed by atoms with E-state index in [1.54, 1.807) is 18.5 Å². The normalized spacial score (nSPS) is 12.8. The number of halogens is 1. The summed E-state index contributed by atoms with van der Waals surface area (Å²) in [5.41, 5.74) is 0.930. The highest BCUT2D eigenvalue weighted by molar-refractivity contribution is 5.19. The molecule has 2 aromatic rings. The van der Waals surface area contributed by atoms with Gasteiger partial charge in [0, 0.05) is 12.6 Å². The molecule has 2 rings (SSSR count). The molecule has 0 aliphatic carbocycles. The van der Waals surface area contributed by atoms with Crippen LogP contribution in [0.4, 0.5) is 4.39 Å². The summed E-state index contributed by atoms with van der Waals surface area (Å²) >= 11 is 0. The molecule has 5 heteroatoms. The molecule has 0 aliphatic heterocycles. The number of benzene rings is 1. The van der Waals surface area contributed by atoms with Gasteiger partial charge < -0.3 is 5.32 Å². The standard InChI is InChI=1S/C15H21FN4/c1-11(2)9-20-15(18-10-19-20)8-17-12(3)13-5-4-6-14(16)7-13/h4-7,10-12,17H,8-9H2,1-3H3/t12-/m1/s1. The van der Waals surface area contributed by atoms with Crippen LogP contribution in [0.5, 0.6) is 0 Å². The van der Waals surface area contributed by atoms with E-state index in [-0.39, 0.29) is 11.9 Å². The Balaban J connectivity index is 1.97. The second-order valence-corrected chi connectivity index (χ2v) is 5.41. The molecule has 108 valence electrons. The monoisotopic (exact) mass is 276 g/mol. The third-order valence-corrected chi connectivity index (χ3v) is 3.15. The molecule has 0 amide bonds. The fourth-order valence-corrected chi connectivity index (χ4v) is 2.06. The van der Waals surface area contributed by atoms with Gasteiger partial charge in [0.2, 0.25) is 0 Å². The van der Waals surface area contributed by atoms with E-state index in [0.717, 1.165) is 17.9 Å². The second kappa shape index (κ2) is 6.61. The van der Waals surface area contributed by atoms with Crippen LogP contribution >= 0.6 is 0 Å². The molecule has 0 spiro atoms. The van der Waals surface area contributed by atoms with Crippen molar-refractivity contribution in [2.24, 2.45) is 5.92 Å². The Kier molecular flexibility index (Phi) is 4.84. The highest BCUT2D eigenvalue weighted by Gasteiger charge is 2.09. The molecule has 0 bridgehead atoms. The predicted octanol–water partition coefficient (Wildman–Crippen LogP) is 2.92. The first-order chi connectivity index (χ1) is 9.56. The van der Waals surface area contributed by atoms with Crippen LogP contribution in [0, 0.1) is 11.7 Å². The minimum absolute atomic E-state index is 0.0647. The molecule has 20 heavy (non-hydrogen) atoms. The summed E-state index contributed by atoms with van der Waals surface area (Å²) < 4.78 is 15.1. The topological polar surface area (TPSA) is 42.7 Å². The first-order valence-corrected chi connectivity index (χ1v) is 6.91. The lowest BCUT2D eigenvalue weighted by Gasteiger charge is -2.15. The van der Waals surface area contributed by atoms with Gasteiger partial charge in [-0.05, 0) is 30.5 Å². The van der Waals surface area contributed by atoms with Gasteiger partial charge in [0.1, 0.15) is 18.0 Å². The van der Waals surface area contributed by atoms with Gasteiger partial charge in [0.25, 0.3) is 0 Å². The zero-order chi connectivity index (χ0) is 14.5. The van der Waals surface area contributed by atoms with Gasteiger partial charge in [-0.25, -0.2) is 14.1 Å². The van der Waals surface area contributed by atoms with Crippen LogP contribution in [-0.4, -0.2) is 14.8 Å². The summed E-state index contributed by atoms with van der Waals surface area (Å²) in [6.45, 7) is 7.77. The molecule has 4 nitrogen and oxygen atoms in total. The van der Waals surface area contributed by atoms with Crippen LogP contribution in [0.1, 0.15) is 38.2 Å². The van der Waals surface area contributed by atoms with Crippen molar-refractivity contribution in [1.82, 2.24) is 20.1 Å². The summed E-state index contributed by atoms with van der Waals surface area (Å²) in [7, 11) is 0.